The summed E-state index contributed by atoms with van der Waals surface area (Å²) in [6.07, 6.45) is 3.20. The van der Waals surface area contributed by atoms with Crippen molar-refractivity contribution in [2.45, 2.75) is 18.7 Å². The van der Waals surface area contributed by atoms with E-state index >= 15 is 0 Å². The molecule has 8 heteroatoms. The highest BCUT2D eigenvalue weighted by Crippen LogP contribution is 2.22. The number of nitrogens with one attached hydrogen (secondary N) is 1. The normalized spacial score (nSPS) is 15.7. The molecule has 0 aliphatic carbocycles. The summed E-state index contributed by atoms with van der Waals surface area (Å²) < 4.78 is 27.2. The number of hydrogen-bond acceptors (Lipinski definition) is 4. The lowest BCUT2D eigenvalue weighted by molar-refractivity contribution is 0.184. The number of pyridine rings is 1. The zero-order chi connectivity index (χ0) is 18.7. The highest BCUT2D eigenvalue weighted by molar-refractivity contribution is 7.89. The summed E-state index contributed by atoms with van der Waals surface area (Å²) in [4.78, 5) is 18.2. The van der Waals surface area contributed by atoms with Crippen molar-refractivity contribution < 1.29 is 13.2 Å². The number of piperazine rings is 1. The van der Waals surface area contributed by atoms with Gasteiger partial charge in [0.05, 0.1) is 16.8 Å². The van der Waals surface area contributed by atoms with E-state index in [1.807, 2.05) is 13.0 Å². The fourth-order valence-electron chi connectivity index (χ4n) is 3.00. The van der Waals surface area contributed by atoms with Crippen LogP contribution in [0.15, 0.2) is 47.6 Å². The number of carbonyl (C=O) groups is 1. The summed E-state index contributed by atoms with van der Waals surface area (Å²) in [6.45, 7) is 4.97. The third-order valence-electron chi connectivity index (χ3n) is 4.39. The molecule has 0 bridgehead atoms. The molecule has 0 unspecified atom stereocenters. The molecule has 1 aromatic carbocycles. The molecule has 1 N–H and O–H groups in total. The van der Waals surface area contributed by atoms with Gasteiger partial charge in [-0.1, -0.05) is 17.7 Å². The average Bonchev–Trinajstić information content (AvgIpc) is 2.62. The number of nitrogens with zero attached hydrogens (tertiary/aromatic N) is 3. The molecule has 3 rings (SSSR count). The van der Waals surface area contributed by atoms with Crippen molar-refractivity contribution in [2.24, 2.45) is 0 Å². The molecular formula is C18H22N4O3S. The van der Waals surface area contributed by atoms with E-state index in [1.165, 1.54) is 4.31 Å². The Bertz CT molecular complexity index is 892. The van der Waals surface area contributed by atoms with Gasteiger partial charge in [0.15, 0.2) is 0 Å². The molecular weight excluding hydrogens is 352 g/mol. The van der Waals surface area contributed by atoms with Gasteiger partial charge in [-0.3, -0.25) is 4.98 Å². The van der Waals surface area contributed by atoms with E-state index in [-0.39, 0.29) is 19.1 Å². The lowest BCUT2D eigenvalue weighted by Gasteiger charge is -2.34. The SMILES string of the molecule is Cc1ccc(S(=O)(=O)N2CCN(C(=O)Nc3cccnc3)CC2)c(C)c1. The van der Waals surface area contributed by atoms with Gasteiger partial charge in [0.1, 0.15) is 0 Å². The first-order valence-corrected chi connectivity index (χ1v) is 9.85. The Hall–Kier alpha value is -2.45. The minimum atomic E-state index is -3.55. The monoisotopic (exact) mass is 374 g/mol. The first kappa shape index (κ1) is 18.3. The molecule has 2 amide bonds. The number of sulfonamides is 1. The van der Waals surface area contributed by atoms with Gasteiger partial charge < -0.3 is 10.2 Å². The van der Waals surface area contributed by atoms with Crippen molar-refractivity contribution in [2.75, 3.05) is 31.5 Å². The summed E-state index contributed by atoms with van der Waals surface area (Å²) in [5, 5.41) is 2.77. The van der Waals surface area contributed by atoms with Crippen molar-refractivity contribution in [3.05, 3.63) is 53.9 Å². The van der Waals surface area contributed by atoms with E-state index in [2.05, 4.69) is 10.3 Å². The van der Waals surface area contributed by atoms with Gasteiger partial charge in [0.25, 0.3) is 0 Å². The molecule has 1 aliphatic heterocycles. The first-order valence-electron chi connectivity index (χ1n) is 8.41. The Kier molecular flexibility index (Phi) is 5.24. The van der Waals surface area contributed by atoms with E-state index in [1.54, 1.807) is 48.5 Å². The Morgan fingerprint density at radius 1 is 1.12 bits per heavy atom. The maximum Gasteiger partial charge on any atom is 0.321 e. The Morgan fingerprint density at radius 3 is 2.46 bits per heavy atom. The van der Waals surface area contributed by atoms with Crippen LogP contribution in [0.1, 0.15) is 11.1 Å². The second-order valence-corrected chi connectivity index (χ2v) is 8.24. The Balaban J connectivity index is 1.65. The highest BCUT2D eigenvalue weighted by Gasteiger charge is 2.31. The van der Waals surface area contributed by atoms with Crippen LogP contribution in [0.25, 0.3) is 0 Å². The van der Waals surface area contributed by atoms with Crippen LogP contribution in [0, 0.1) is 13.8 Å². The highest BCUT2D eigenvalue weighted by atomic mass is 32.2. The number of carbonyl (C=O) groups excluding carboxylic acids is 1. The molecule has 0 radical (unpaired) electrons. The summed E-state index contributed by atoms with van der Waals surface area (Å²) in [6, 6.07) is 8.57. The summed E-state index contributed by atoms with van der Waals surface area (Å²) in [5.41, 5.74) is 2.38. The number of urea groups is 1. The molecule has 1 saturated heterocycles. The summed E-state index contributed by atoms with van der Waals surface area (Å²) in [7, 11) is -3.55. The number of aryl methyl sites for hydroxylation is 2. The van der Waals surface area contributed by atoms with Crippen molar-refractivity contribution >= 4 is 21.7 Å². The average molecular weight is 374 g/mol. The zero-order valence-corrected chi connectivity index (χ0v) is 15.7. The fraction of sp³-hybridized carbons (Fsp3) is 0.333. The second kappa shape index (κ2) is 7.43. The molecule has 2 aromatic rings. The topological polar surface area (TPSA) is 82.6 Å². The maximum absolute atomic E-state index is 12.9. The predicted octanol–water partition coefficient (Wildman–Crippen LogP) is 2.24. The van der Waals surface area contributed by atoms with Crippen LogP contribution in [-0.4, -0.2) is 54.8 Å². The molecule has 2 heterocycles. The minimum absolute atomic E-state index is 0.249. The lowest BCUT2D eigenvalue weighted by Crippen LogP contribution is -2.51. The number of rotatable bonds is 3. The summed E-state index contributed by atoms with van der Waals surface area (Å²) in [5.74, 6) is 0. The fourth-order valence-corrected chi connectivity index (χ4v) is 4.63. The minimum Gasteiger partial charge on any atom is -0.322 e. The van der Waals surface area contributed by atoms with Gasteiger partial charge in [-0.15, -0.1) is 0 Å². The van der Waals surface area contributed by atoms with E-state index in [4.69, 9.17) is 0 Å². The van der Waals surface area contributed by atoms with E-state index in [0.29, 0.717) is 23.7 Å². The maximum atomic E-state index is 12.9. The van der Waals surface area contributed by atoms with Crippen LogP contribution in [0.2, 0.25) is 0 Å². The number of aromatic nitrogens is 1. The second-order valence-electron chi connectivity index (χ2n) is 6.33. The van der Waals surface area contributed by atoms with Gasteiger partial charge in [-0.25, -0.2) is 13.2 Å². The van der Waals surface area contributed by atoms with Crippen molar-refractivity contribution in [1.29, 1.82) is 0 Å². The molecule has 7 nitrogen and oxygen atoms in total. The standard InChI is InChI=1S/C18H22N4O3S/c1-14-5-6-17(15(2)12-14)26(24,25)22-10-8-21(9-11-22)18(23)20-16-4-3-7-19-13-16/h3-7,12-13H,8-11H2,1-2H3,(H,20,23). The first-order chi connectivity index (χ1) is 12.4. The van der Waals surface area contributed by atoms with Gasteiger partial charge in [-0.05, 0) is 37.6 Å². The van der Waals surface area contributed by atoms with Gasteiger partial charge in [0, 0.05) is 32.4 Å². The largest absolute Gasteiger partial charge is 0.322 e. The molecule has 0 spiro atoms. The number of amides is 2. The van der Waals surface area contributed by atoms with Crippen LogP contribution in [-0.2, 0) is 10.0 Å². The molecule has 0 atom stereocenters. The van der Waals surface area contributed by atoms with E-state index < -0.39 is 10.0 Å². The zero-order valence-electron chi connectivity index (χ0n) is 14.8. The van der Waals surface area contributed by atoms with E-state index in [9.17, 15) is 13.2 Å². The number of anilines is 1. The molecule has 0 saturated carbocycles. The third-order valence-corrected chi connectivity index (χ3v) is 6.45. The Morgan fingerprint density at radius 2 is 1.85 bits per heavy atom. The van der Waals surface area contributed by atoms with Gasteiger partial charge in [-0.2, -0.15) is 4.31 Å². The van der Waals surface area contributed by atoms with E-state index in [0.717, 1.165) is 11.1 Å². The summed E-state index contributed by atoms with van der Waals surface area (Å²) >= 11 is 0. The molecule has 1 fully saturated rings. The third kappa shape index (κ3) is 3.86. The lowest BCUT2D eigenvalue weighted by atomic mass is 10.2. The van der Waals surface area contributed by atoms with Crippen LogP contribution >= 0.6 is 0 Å². The van der Waals surface area contributed by atoms with Crippen molar-refractivity contribution in [3.8, 4) is 0 Å². The molecule has 138 valence electrons. The van der Waals surface area contributed by atoms with Crippen LogP contribution in [0.5, 0.6) is 0 Å². The molecule has 1 aromatic heterocycles. The van der Waals surface area contributed by atoms with Crippen LogP contribution in [0.4, 0.5) is 10.5 Å². The smallest absolute Gasteiger partial charge is 0.321 e. The Labute approximate surface area is 153 Å². The predicted molar refractivity (Wildman–Crippen MR) is 99.5 cm³/mol. The molecule has 1 aliphatic rings. The molecule has 26 heavy (non-hydrogen) atoms. The van der Waals surface area contributed by atoms with Crippen molar-refractivity contribution in [1.82, 2.24) is 14.2 Å². The van der Waals surface area contributed by atoms with Crippen LogP contribution < -0.4 is 5.32 Å². The quantitative estimate of drug-likeness (QED) is 0.893. The number of benzene rings is 1. The van der Waals surface area contributed by atoms with Crippen LogP contribution in [0.3, 0.4) is 0 Å². The van der Waals surface area contributed by atoms with Gasteiger partial charge >= 0.3 is 6.03 Å². The van der Waals surface area contributed by atoms with Gasteiger partial charge in [0.2, 0.25) is 10.0 Å². The number of hydrogen-bond donors (Lipinski definition) is 1. The van der Waals surface area contributed by atoms with Crippen molar-refractivity contribution in [3.63, 3.8) is 0 Å².